The van der Waals surface area contributed by atoms with Crippen molar-refractivity contribution in [3.8, 4) is 6.07 Å². The van der Waals surface area contributed by atoms with Gasteiger partial charge in [-0.2, -0.15) is 13.7 Å². The summed E-state index contributed by atoms with van der Waals surface area (Å²) in [6.45, 7) is 3.41. The Morgan fingerprint density at radius 1 is 1.33 bits per heavy atom. The zero-order valence-electron chi connectivity index (χ0n) is 10.6. The molecule has 0 spiro atoms. The third-order valence-electron chi connectivity index (χ3n) is 1.01. The van der Waals surface area contributed by atoms with Crippen LogP contribution < -0.4 is 34.5 Å². The van der Waals surface area contributed by atoms with Crippen LogP contribution in [0.3, 0.4) is 0 Å². The van der Waals surface area contributed by atoms with Gasteiger partial charge in [-0.05, 0) is 6.42 Å². The summed E-state index contributed by atoms with van der Waals surface area (Å²) in [5.41, 5.74) is 0. The van der Waals surface area contributed by atoms with Crippen LogP contribution in [0.5, 0.6) is 0 Å². The maximum absolute atomic E-state index is 10.1. The van der Waals surface area contributed by atoms with Gasteiger partial charge in [-0.1, -0.05) is 19.8 Å². The quantitative estimate of drug-likeness (QED) is 0.215. The SMILES string of the molecule is CC#N.CCCCCS(=O)(=O)O.O=P([O-])(O)O.[Na+]. The number of unbranched alkanes of at least 4 members (excludes halogenated alkanes) is 2. The topological polar surface area (TPSA) is 159 Å². The Morgan fingerprint density at radius 3 is 1.78 bits per heavy atom. The minimum atomic E-state index is -4.89. The monoisotopic (exact) mass is 313 g/mol. The van der Waals surface area contributed by atoms with E-state index in [4.69, 9.17) is 29.1 Å². The van der Waals surface area contributed by atoms with Gasteiger partial charge in [-0.25, -0.2) is 0 Å². The zero-order chi connectivity index (χ0) is 14.5. The molecular formula is C7H17NNaO7PS. The predicted molar refractivity (Wildman–Crippen MR) is 59.3 cm³/mol. The predicted octanol–water partition coefficient (Wildman–Crippen LogP) is -2.96. The van der Waals surface area contributed by atoms with E-state index in [1.165, 1.54) is 6.92 Å². The van der Waals surface area contributed by atoms with Crippen molar-refractivity contribution in [3.63, 3.8) is 0 Å². The summed E-state index contributed by atoms with van der Waals surface area (Å²) in [5, 5.41) is 7.32. The molecule has 104 valence electrons. The molecule has 0 radical (unpaired) electrons. The molecule has 0 aromatic carbocycles. The largest absolute Gasteiger partial charge is 1.00 e. The molecule has 18 heavy (non-hydrogen) atoms. The maximum atomic E-state index is 10.1. The van der Waals surface area contributed by atoms with Crippen LogP contribution in [-0.4, -0.2) is 28.5 Å². The molecule has 0 aliphatic carbocycles. The van der Waals surface area contributed by atoms with Crippen molar-refractivity contribution in [3.05, 3.63) is 0 Å². The Bertz CT molecular complexity index is 339. The van der Waals surface area contributed by atoms with E-state index < -0.39 is 17.9 Å². The van der Waals surface area contributed by atoms with E-state index in [0.29, 0.717) is 6.42 Å². The van der Waals surface area contributed by atoms with Crippen LogP contribution >= 0.6 is 7.82 Å². The Labute approximate surface area is 129 Å². The molecule has 3 N–H and O–H groups in total. The van der Waals surface area contributed by atoms with Crippen LogP contribution in [0.4, 0.5) is 0 Å². The van der Waals surface area contributed by atoms with Gasteiger partial charge in [0.15, 0.2) is 0 Å². The van der Waals surface area contributed by atoms with Crippen molar-refractivity contribution >= 4 is 17.9 Å². The summed E-state index contributed by atoms with van der Waals surface area (Å²) in [7, 11) is -8.59. The van der Waals surface area contributed by atoms with Crippen LogP contribution in [-0.2, 0) is 14.7 Å². The maximum Gasteiger partial charge on any atom is 1.00 e. The molecule has 0 aromatic heterocycles. The van der Waals surface area contributed by atoms with Gasteiger partial charge in [-0.15, -0.1) is 0 Å². The second-order valence-electron chi connectivity index (χ2n) is 2.71. The summed E-state index contributed by atoms with van der Waals surface area (Å²) in [4.78, 5) is 22.9. The zero-order valence-corrected chi connectivity index (χ0v) is 14.3. The Kier molecular flexibility index (Phi) is 23.3. The average Bonchev–Trinajstić information content (AvgIpc) is 2.00. The van der Waals surface area contributed by atoms with E-state index in [-0.39, 0.29) is 35.3 Å². The van der Waals surface area contributed by atoms with E-state index in [1.54, 1.807) is 6.07 Å². The first-order chi connectivity index (χ1) is 7.47. The van der Waals surface area contributed by atoms with Crippen molar-refractivity contribution in [1.29, 1.82) is 5.26 Å². The van der Waals surface area contributed by atoms with E-state index in [9.17, 15) is 8.42 Å². The normalized spacial score (nSPS) is 9.61. The van der Waals surface area contributed by atoms with Crippen LogP contribution in [0.15, 0.2) is 0 Å². The van der Waals surface area contributed by atoms with Gasteiger partial charge < -0.3 is 14.7 Å². The minimum Gasteiger partial charge on any atom is -0.756 e. The van der Waals surface area contributed by atoms with E-state index in [0.717, 1.165) is 12.8 Å². The smallest absolute Gasteiger partial charge is 0.756 e. The molecule has 0 fully saturated rings. The number of nitriles is 1. The van der Waals surface area contributed by atoms with Crippen molar-refractivity contribution < 1.29 is 61.8 Å². The van der Waals surface area contributed by atoms with Gasteiger partial charge in [0.2, 0.25) is 0 Å². The van der Waals surface area contributed by atoms with Crippen molar-refractivity contribution in [1.82, 2.24) is 0 Å². The number of nitrogens with zero attached hydrogens (tertiary/aromatic N) is 1. The average molecular weight is 313 g/mol. The van der Waals surface area contributed by atoms with E-state index in [2.05, 4.69) is 0 Å². The van der Waals surface area contributed by atoms with Crippen LogP contribution in [0.25, 0.3) is 0 Å². The van der Waals surface area contributed by atoms with Crippen molar-refractivity contribution in [2.75, 3.05) is 5.75 Å². The van der Waals surface area contributed by atoms with Crippen LogP contribution in [0, 0.1) is 11.3 Å². The van der Waals surface area contributed by atoms with Gasteiger partial charge in [0.05, 0.1) is 11.8 Å². The third-order valence-corrected chi connectivity index (χ3v) is 1.81. The Morgan fingerprint density at radius 2 is 1.61 bits per heavy atom. The Balaban J connectivity index is -0.0000000931. The second kappa shape index (κ2) is 15.6. The van der Waals surface area contributed by atoms with E-state index >= 15 is 0 Å². The molecule has 8 nitrogen and oxygen atoms in total. The molecule has 0 aromatic rings. The summed E-state index contributed by atoms with van der Waals surface area (Å²) in [6.07, 6.45) is 2.39. The Hall–Kier alpha value is 0.510. The molecular weight excluding hydrogens is 296 g/mol. The molecule has 0 amide bonds. The van der Waals surface area contributed by atoms with Gasteiger partial charge in [-0.3, -0.25) is 9.12 Å². The number of hydrogen-bond donors (Lipinski definition) is 3. The molecule has 0 aliphatic heterocycles. The van der Waals surface area contributed by atoms with Gasteiger partial charge in [0.1, 0.15) is 0 Å². The summed E-state index contributed by atoms with van der Waals surface area (Å²) in [5.74, 6) is -0.0964. The first-order valence-corrected chi connectivity index (χ1v) is 7.64. The van der Waals surface area contributed by atoms with Gasteiger partial charge >= 0.3 is 29.6 Å². The number of hydrogen-bond acceptors (Lipinski definition) is 5. The number of rotatable bonds is 4. The first-order valence-electron chi connectivity index (χ1n) is 4.50. The summed E-state index contributed by atoms with van der Waals surface area (Å²) in [6, 6.07) is 1.75. The summed E-state index contributed by atoms with van der Waals surface area (Å²) >= 11 is 0. The molecule has 0 aliphatic rings. The van der Waals surface area contributed by atoms with Gasteiger partial charge in [0, 0.05) is 6.92 Å². The standard InChI is InChI=1S/C5H12O3S.C2H3N.Na.H3O4P/c1-2-3-4-5-9(6,7)8;1-2-3;;1-5(2,3)4/h2-5H2,1H3,(H,6,7,8);1H3;;(H3,1,2,3,4)/q;;+1;/p-1. The van der Waals surface area contributed by atoms with Crippen molar-refractivity contribution in [2.24, 2.45) is 0 Å². The molecule has 0 heterocycles. The second-order valence-corrected chi connectivity index (χ2v) is 5.26. The molecule has 0 saturated carbocycles. The summed E-state index contributed by atoms with van der Waals surface area (Å²) < 4.78 is 37.1. The molecule has 11 heteroatoms. The minimum absolute atomic E-state index is 0. The molecule has 0 saturated heterocycles. The molecule has 0 atom stereocenters. The van der Waals surface area contributed by atoms with E-state index in [1.807, 2.05) is 6.92 Å². The van der Waals surface area contributed by atoms with Crippen molar-refractivity contribution in [2.45, 2.75) is 33.1 Å². The molecule has 0 rings (SSSR count). The fourth-order valence-corrected chi connectivity index (χ4v) is 1.10. The van der Waals surface area contributed by atoms with Crippen LogP contribution in [0.1, 0.15) is 33.1 Å². The van der Waals surface area contributed by atoms with Gasteiger partial charge in [0.25, 0.3) is 17.9 Å². The fourth-order valence-electron chi connectivity index (χ4n) is 0.534. The third kappa shape index (κ3) is 93.7. The van der Waals surface area contributed by atoms with Crippen LogP contribution in [0.2, 0.25) is 0 Å². The molecule has 0 bridgehead atoms. The first kappa shape index (κ1) is 27.0. The molecule has 0 unspecified atom stereocenters. The fraction of sp³-hybridized carbons (Fsp3) is 0.857. The number of phosphoric acid groups is 1.